The number of furan rings is 1. The van der Waals surface area contributed by atoms with Gasteiger partial charge in [0.05, 0.1) is 19.4 Å². The number of hydrogen-bond acceptors (Lipinski definition) is 4. The largest absolute Gasteiger partial charge is 0.467 e. The summed E-state index contributed by atoms with van der Waals surface area (Å²) in [5, 5.41) is 6.09. The lowest BCUT2D eigenvalue weighted by Crippen LogP contribution is -2.47. The Labute approximate surface area is 94.8 Å². The Hall–Kier alpha value is -1.33. The molecule has 2 heterocycles. The first kappa shape index (κ1) is 11.2. The van der Waals surface area contributed by atoms with Crippen molar-refractivity contribution in [3.05, 3.63) is 24.2 Å². The second-order valence-electron chi connectivity index (χ2n) is 3.88. The van der Waals surface area contributed by atoms with Crippen molar-refractivity contribution in [3.8, 4) is 0 Å². The Morgan fingerprint density at radius 3 is 3.00 bits per heavy atom. The minimum atomic E-state index is 0.0540. The van der Waals surface area contributed by atoms with Crippen molar-refractivity contribution in [3.63, 3.8) is 0 Å². The summed E-state index contributed by atoms with van der Waals surface area (Å²) in [6.45, 7) is 4.75. The van der Waals surface area contributed by atoms with Gasteiger partial charge >= 0.3 is 0 Å². The normalized spacial score (nSPS) is 17.2. The van der Waals surface area contributed by atoms with Crippen LogP contribution in [0.5, 0.6) is 0 Å². The van der Waals surface area contributed by atoms with Crippen molar-refractivity contribution < 1.29 is 9.21 Å². The van der Waals surface area contributed by atoms with E-state index in [4.69, 9.17) is 4.42 Å². The van der Waals surface area contributed by atoms with Crippen LogP contribution in [0.3, 0.4) is 0 Å². The number of nitrogens with zero attached hydrogens (tertiary/aromatic N) is 1. The lowest BCUT2D eigenvalue weighted by molar-refractivity contribution is -0.122. The molecule has 88 valence electrons. The minimum absolute atomic E-state index is 0.0540. The molecule has 1 amide bonds. The molecule has 0 atom stereocenters. The summed E-state index contributed by atoms with van der Waals surface area (Å²) in [6.07, 6.45) is 1.61. The van der Waals surface area contributed by atoms with Gasteiger partial charge in [0, 0.05) is 26.2 Å². The van der Waals surface area contributed by atoms with E-state index < -0.39 is 0 Å². The van der Waals surface area contributed by atoms with Gasteiger partial charge in [-0.15, -0.1) is 0 Å². The quantitative estimate of drug-likeness (QED) is 0.742. The van der Waals surface area contributed by atoms with Crippen LogP contribution in [0, 0.1) is 0 Å². The summed E-state index contributed by atoms with van der Waals surface area (Å²) in [4.78, 5) is 13.7. The topological polar surface area (TPSA) is 57.5 Å². The smallest absolute Gasteiger partial charge is 0.234 e. The van der Waals surface area contributed by atoms with Gasteiger partial charge in [0.1, 0.15) is 5.76 Å². The molecular formula is C11H17N3O2. The minimum Gasteiger partial charge on any atom is -0.467 e. The number of carbonyl (C=O) groups is 1. The van der Waals surface area contributed by atoms with Gasteiger partial charge in [0.15, 0.2) is 0 Å². The molecule has 1 aliphatic heterocycles. The molecule has 2 rings (SSSR count). The standard InChI is InChI=1S/C11H17N3O2/c15-11(9-14-5-3-12-4-6-14)13-8-10-2-1-7-16-10/h1-2,7,12H,3-6,8-9H2,(H,13,15). The molecule has 1 aromatic heterocycles. The van der Waals surface area contributed by atoms with Crippen LogP contribution >= 0.6 is 0 Å². The van der Waals surface area contributed by atoms with E-state index in [-0.39, 0.29) is 5.91 Å². The van der Waals surface area contributed by atoms with Gasteiger partial charge in [-0.25, -0.2) is 0 Å². The van der Waals surface area contributed by atoms with Crippen LogP contribution < -0.4 is 10.6 Å². The molecule has 5 heteroatoms. The zero-order chi connectivity index (χ0) is 11.2. The summed E-state index contributed by atoms with van der Waals surface area (Å²) < 4.78 is 5.14. The van der Waals surface area contributed by atoms with Crippen LogP contribution in [-0.2, 0) is 11.3 Å². The summed E-state index contributed by atoms with van der Waals surface area (Å²) in [7, 11) is 0. The average Bonchev–Trinajstić information content (AvgIpc) is 2.81. The fourth-order valence-corrected chi connectivity index (χ4v) is 1.73. The maximum Gasteiger partial charge on any atom is 0.234 e. The SMILES string of the molecule is O=C(CN1CCNCC1)NCc1ccco1. The molecule has 0 unspecified atom stereocenters. The van der Waals surface area contributed by atoms with Crippen LogP contribution in [-0.4, -0.2) is 43.5 Å². The van der Waals surface area contributed by atoms with Crippen molar-refractivity contribution in [1.82, 2.24) is 15.5 Å². The monoisotopic (exact) mass is 223 g/mol. The number of carbonyl (C=O) groups excluding carboxylic acids is 1. The van der Waals surface area contributed by atoms with Crippen LogP contribution in [0.4, 0.5) is 0 Å². The van der Waals surface area contributed by atoms with Gasteiger partial charge in [-0.3, -0.25) is 9.69 Å². The highest BCUT2D eigenvalue weighted by atomic mass is 16.3. The third-order valence-electron chi connectivity index (χ3n) is 2.62. The van der Waals surface area contributed by atoms with Crippen LogP contribution in [0.2, 0.25) is 0 Å². The third kappa shape index (κ3) is 3.36. The second-order valence-corrected chi connectivity index (χ2v) is 3.88. The number of amides is 1. The van der Waals surface area contributed by atoms with E-state index in [1.165, 1.54) is 0 Å². The van der Waals surface area contributed by atoms with Gasteiger partial charge < -0.3 is 15.1 Å². The van der Waals surface area contributed by atoms with Gasteiger partial charge in [-0.1, -0.05) is 0 Å². The van der Waals surface area contributed by atoms with Crippen LogP contribution in [0.15, 0.2) is 22.8 Å². The van der Waals surface area contributed by atoms with Crippen molar-refractivity contribution in [2.24, 2.45) is 0 Å². The predicted octanol–water partition coefficient (Wildman–Crippen LogP) is -0.199. The van der Waals surface area contributed by atoms with Crippen molar-refractivity contribution in [1.29, 1.82) is 0 Å². The molecule has 1 saturated heterocycles. The van der Waals surface area contributed by atoms with E-state index in [2.05, 4.69) is 15.5 Å². The Morgan fingerprint density at radius 1 is 1.50 bits per heavy atom. The fourth-order valence-electron chi connectivity index (χ4n) is 1.73. The zero-order valence-corrected chi connectivity index (χ0v) is 9.24. The highest BCUT2D eigenvalue weighted by molar-refractivity contribution is 5.77. The van der Waals surface area contributed by atoms with Crippen LogP contribution in [0.1, 0.15) is 5.76 Å². The summed E-state index contributed by atoms with van der Waals surface area (Å²) in [6, 6.07) is 3.67. The Kier molecular flexibility index (Phi) is 3.96. The third-order valence-corrected chi connectivity index (χ3v) is 2.62. The van der Waals surface area contributed by atoms with Crippen molar-refractivity contribution in [2.75, 3.05) is 32.7 Å². The van der Waals surface area contributed by atoms with Crippen molar-refractivity contribution in [2.45, 2.75) is 6.54 Å². The maximum atomic E-state index is 11.6. The van der Waals surface area contributed by atoms with E-state index in [0.29, 0.717) is 13.1 Å². The molecule has 0 aliphatic carbocycles. The zero-order valence-electron chi connectivity index (χ0n) is 9.24. The number of hydrogen-bond donors (Lipinski definition) is 2. The molecular weight excluding hydrogens is 206 g/mol. The van der Waals surface area contributed by atoms with E-state index in [9.17, 15) is 4.79 Å². The molecule has 1 fully saturated rings. The molecule has 5 nitrogen and oxygen atoms in total. The summed E-state index contributed by atoms with van der Waals surface area (Å²) in [5.41, 5.74) is 0. The molecule has 1 aliphatic rings. The lowest BCUT2D eigenvalue weighted by Gasteiger charge is -2.26. The van der Waals surface area contributed by atoms with Gasteiger partial charge in [0.2, 0.25) is 5.91 Å². The molecule has 1 aromatic rings. The molecule has 16 heavy (non-hydrogen) atoms. The lowest BCUT2D eigenvalue weighted by atomic mass is 10.3. The Bertz CT molecular complexity index is 318. The molecule has 0 spiro atoms. The van der Waals surface area contributed by atoms with E-state index >= 15 is 0 Å². The van der Waals surface area contributed by atoms with E-state index in [1.54, 1.807) is 6.26 Å². The summed E-state index contributed by atoms with van der Waals surface area (Å²) >= 11 is 0. The van der Waals surface area contributed by atoms with Crippen molar-refractivity contribution >= 4 is 5.91 Å². The first-order valence-corrected chi connectivity index (χ1v) is 5.57. The van der Waals surface area contributed by atoms with E-state index in [0.717, 1.165) is 31.9 Å². The first-order valence-electron chi connectivity index (χ1n) is 5.57. The fraction of sp³-hybridized carbons (Fsp3) is 0.545. The van der Waals surface area contributed by atoms with Gasteiger partial charge in [-0.05, 0) is 12.1 Å². The average molecular weight is 223 g/mol. The molecule has 0 saturated carbocycles. The second kappa shape index (κ2) is 5.67. The molecule has 0 radical (unpaired) electrons. The first-order chi connectivity index (χ1) is 7.84. The Morgan fingerprint density at radius 2 is 2.31 bits per heavy atom. The molecule has 0 bridgehead atoms. The van der Waals surface area contributed by atoms with Gasteiger partial charge in [-0.2, -0.15) is 0 Å². The Balaban J connectivity index is 1.67. The number of rotatable bonds is 4. The van der Waals surface area contributed by atoms with Gasteiger partial charge in [0.25, 0.3) is 0 Å². The molecule has 0 aromatic carbocycles. The summed E-state index contributed by atoms with van der Waals surface area (Å²) in [5.74, 6) is 0.840. The van der Waals surface area contributed by atoms with Crippen LogP contribution in [0.25, 0.3) is 0 Å². The van der Waals surface area contributed by atoms with E-state index in [1.807, 2.05) is 12.1 Å². The maximum absolute atomic E-state index is 11.6. The number of piperazine rings is 1. The predicted molar refractivity (Wildman–Crippen MR) is 59.9 cm³/mol. The molecule has 2 N–H and O–H groups in total. The number of nitrogens with one attached hydrogen (secondary N) is 2. The highest BCUT2D eigenvalue weighted by Gasteiger charge is 2.13. The highest BCUT2D eigenvalue weighted by Crippen LogP contribution is 1.98.